The Morgan fingerprint density at radius 3 is 2.74 bits per heavy atom. The molecule has 0 aromatic carbocycles. The van der Waals surface area contributed by atoms with Gasteiger partial charge in [-0.3, -0.25) is 0 Å². The standard InChI is InChI=1S/C18H24F3N3O3/c1-26-11-14(18(19,20)21)27-15-7-12(3-6-22-15)10-23-16(25)24-13-8-17(9-13)4-2-5-17/h3,6-7,13-14H,2,4-5,8-11H2,1H3,(H2,23,24,25)/t14-/m1/s1. The van der Waals surface area contributed by atoms with E-state index in [2.05, 4.69) is 20.4 Å². The Balaban J connectivity index is 1.46. The van der Waals surface area contributed by atoms with Crippen molar-refractivity contribution >= 4 is 6.03 Å². The molecule has 0 saturated heterocycles. The number of amides is 2. The molecule has 150 valence electrons. The molecule has 1 atom stereocenters. The molecular formula is C18H24F3N3O3. The largest absolute Gasteiger partial charge is 0.462 e. The van der Waals surface area contributed by atoms with E-state index in [-0.39, 0.29) is 24.5 Å². The van der Waals surface area contributed by atoms with Crippen molar-refractivity contribution < 1.29 is 27.4 Å². The molecule has 2 fully saturated rings. The molecule has 2 aliphatic rings. The van der Waals surface area contributed by atoms with Crippen LogP contribution in [0.15, 0.2) is 18.3 Å². The van der Waals surface area contributed by atoms with E-state index in [1.165, 1.54) is 38.6 Å². The number of aromatic nitrogens is 1. The van der Waals surface area contributed by atoms with Gasteiger partial charge in [0.15, 0.2) is 0 Å². The Bertz CT molecular complexity index is 657. The van der Waals surface area contributed by atoms with Crippen molar-refractivity contribution in [3.05, 3.63) is 23.9 Å². The van der Waals surface area contributed by atoms with Gasteiger partial charge >= 0.3 is 12.2 Å². The minimum atomic E-state index is -4.56. The van der Waals surface area contributed by atoms with E-state index < -0.39 is 18.9 Å². The third kappa shape index (κ3) is 5.03. The molecule has 2 saturated carbocycles. The number of rotatable bonds is 7. The molecule has 0 aliphatic heterocycles. The number of halogens is 3. The fourth-order valence-corrected chi connectivity index (χ4v) is 3.71. The lowest BCUT2D eigenvalue weighted by atomic mass is 9.54. The van der Waals surface area contributed by atoms with Crippen LogP contribution >= 0.6 is 0 Å². The molecule has 2 amide bonds. The van der Waals surface area contributed by atoms with Crippen molar-refractivity contribution in [2.75, 3.05) is 13.7 Å². The molecule has 1 spiro atoms. The number of ether oxygens (including phenoxy) is 2. The molecule has 1 aromatic rings. The van der Waals surface area contributed by atoms with Crippen LogP contribution in [0, 0.1) is 5.41 Å². The molecule has 0 radical (unpaired) electrons. The van der Waals surface area contributed by atoms with Crippen LogP contribution in [-0.4, -0.2) is 43.1 Å². The van der Waals surface area contributed by atoms with Crippen LogP contribution in [0.25, 0.3) is 0 Å². The van der Waals surface area contributed by atoms with E-state index >= 15 is 0 Å². The Morgan fingerprint density at radius 2 is 2.15 bits per heavy atom. The Morgan fingerprint density at radius 1 is 1.41 bits per heavy atom. The molecule has 1 heterocycles. The number of urea groups is 1. The van der Waals surface area contributed by atoms with Gasteiger partial charge in [-0.05, 0) is 42.7 Å². The van der Waals surface area contributed by atoms with Crippen LogP contribution in [0.2, 0.25) is 0 Å². The Hall–Kier alpha value is -2.03. The lowest BCUT2D eigenvalue weighted by molar-refractivity contribution is -0.207. The number of hydrogen-bond donors (Lipinski definition) is 2. The van der Waals surface area contributed by atoms with Gasteiger partial charge in [0.2, 0.25) is 12.0 Å². The summed E-state index contributed by atoms with van der Waals surface area (Å²) in [5, 5.41) is 5.65. The third-order valence-corrected chi connectivity index (χ3v) is 5.31. The summed E-state index contributed by atoms with van der Waals surface area (Å²) in [6.07, 6.45) is 0.550. The number of carbonyl (C=O) groups excluding carboxylic acids is 1. The predicted octanol–water partition coefficient (Wildman–Crippen LogP) is 3.17. The number of methoxy groups -OCH3 is 1. The van der Waals surface area contributed by atoms with Crippen LogP contribution in [0.5, 0.6) is 5.88 Å². The second-order valence-corrected chi connectivity index (χ2v) is 7.39. The summed E-state index contributed by atoms with van der Waals surface area (Å²) in [4.78, 5) is 15.8. The maximum absolute atomic E-state index is 12.9. The molecule has 27 heavy (non-hydrogen) atoms. The van der Waals surface area contributed by atoms with Crippen molar-refractivity contribution in [3.8, 4) is 5.88 Å². The fourth-order valence-electron chi connectivity index (χ4n) is 3.71. The van der Waals surface area contributed by atoms with E-state index in [1.807, 2.05) is 0 Å². The minimum absolute atomic E-state index is 0.167. The van der Waals surface area contributed by atoms with Crippen LogP contribution < -0.4 is 15.4 Å². The van der Waals surface area contributed by atoms with E-state index in [1.54, 1.807) is 6.07 Å². The number of alkyl halides is 3. The zero-order valence-electron chi connectivity index (χ0n) is 15.1. The van der Waals surface area contributed by atoms with Gasteiger partial charge in [-0.1, -0.05) is 6.42 Å². The van der Waals surface area contributed by atoms with E-state index in [0.717, 1.165) is 12.8 Å². The van der Waals surface area contributed by atoms with Crippen molar-refractivity contribution in [3.63, 3.8) is 0 Å². The second-order valence-electron chi connectivity index (χ2n) is 7.39. The van der Waals surface area contributed by atoms with Crippen molar-refractivity contribution in [1.82, 2.24) is 15.6 Å². The number of nitrogens with zero attached hydrogens (tertiary/aromatic N) is 1. The number of pyridine rings is 1. The third-order valence-electron chi connectivity index (χ3n) is 5.31. The Labute approximate surface area is 155 Å². The van der Waals surface area contributed by atoms with Crippen LogP contribution in [0.4, 0.5) is 18.0 Å². The van der Waals surface area contributed by atoms with E-state index in [0.29, 0.717) is 11.0 Å². The molecule has 2 N–H and O–H groups in total. The van der Waals surface area contributed by atoms with Crippen LogP contribution in [0.1, 0.15) is 37.7 Å². The summed E-state index contributed by atoms with van der Waals surface area (Å²) in [5.74, 6) is -0.167. The van der Waals surface area contributed by atoms with Gasteiger partial charge < -0.3 is 20.1 Å². The highest BCUT2D eigenvalue weighted by molar-refractivity contribution is 5.74. The fraction of sp³-hybridized carbons (Fsp3) is 0.667. The maximum atomic E-state index is 12.9. The lowest BCUT2D eigenvalue weighted by Gasteiger charge is -2.54. The maximum Gasteiger partial charge on any atom is 0.427 e. The first-order chi connectivity index (χ1) is 12.8. The number of carbonyl (C=O) groups is 1. The van der Waals surface area contributed by atoms with Gasteiger partial charge in [-0.25, -0.2) is 9.78 Å². The predicted molar refractivity (Wildman–Crippen MR) is 91.3 cm³/mol. The Kier molecular flexibility index (Phi) is 5.78. The van der Waals surface area contributed by atoms with Gasteiger partial charge in [-0.2, -0.15) is 13.2 Å². The van der Waals surface area contributed by atoms with Crippen molar-refractivity contribution in [2.45, 2.75) is 57.0 Å². The van der Waals surface area contributed by atoms with Gasteiger partial charge in [0.25, 0.3) is 0 Å². The summed E-state index contributed by atoms with van der Waals surface area (Å²) >= 11 is 0. The molecule has 3 rings (SSSR count). The average molecular weight is 387 g/mol. The van der Waals surface area contributed by atoms with Gasteiger partial charge in [-0.15, -0.1) is 0 Å². The summed E-state index contributed by atoms with van der Waals surface area (Å²) < 4.78 is 48.1. The zero-order valence-corrected chi connectivity index (χ0v) is 15.1. The molecule has 1 aromatic heterocycles. The molecule has 2 aliphatic carbocycles. The van der Waals surface area contributed by atoms with Crippen LogP contribution in [-0.2, 0) is 11.3 Å². The summed E-state index contributed by atoms with van der Waals surface area (Å²) in [6, 6.07) is 2.92. The number of nitrogens with one attached hydrogen (secondary N) is 2. The lowest BCUT2D eigenvalue weighted by Crippen LogP contribution is -2.55. The first-order valence-electron chi connectivity index (χ1n) is 9.01. The number of hydrogen-bond acceptors (Lipinski definition) is 4. The smallest absolute Gasteiger partial charge is 0.427 e. The van der Waals surface area contributed by atoms with E-state index in [4.69, 9.17) is 4.74 Å². The average Bonchev–Trinajstić information content (AvgIpc) is 2.53. The van der Waals surface area contributed by atoms with Gasteiger partial charge in [0.1, 0.15) is 0 Å². The highest BCUT2D eigenvalue weighted by Crippen LogP contribution is 2.55. The van der Waals surface area contributed by atoms with Gasteiger partial charge in [0.05, 0.1) is 6.61 Å². The molecular weight excluding hydrogens is 363 g/mol. The topological polar surface area (TPSA) is 72.5 Å². The quantitative estimate of drug-likeness (QED) is 0.754. The SMILES string of the molecule is COC[C@@H](Oc1cc(CNC(=O)NC2CC3(CCC3)C2)ccn1)C(F)(F)F. The summed E-state index contributed by atoms with van der Waals surface area (Å²) in [6.45, 7) is -0.456. The molecule has 9 heteroatoms. The second kappa shape index (κ2) is 7.92. The summed E-state index contributed by atoms with van der Waals surface area (Å²) in [7, 11) is 1.17. The molecule has 6 nitrogen and oxygen atoms in total. The first-order valence-corrected chi connectivity index (χ1v) is 9.01. The normalized spacial score (nSPS) is 19.7. The van der Waals surface area contributed by atoms with Crippen molar-refractivity contribution in [2.24, 2.45) is 5.41 Å². The molecule has 0 bridgehead atoms. The minimum Gasteiger partial charge on any atom is -0.462 e. The highest BCUT2D eigenvalue weighted by Gasteiger charge is 2.48. The monoisotopic (exact) mass is 387 g/mol. The van der Waals surface area contributed by atoms with Crippen molar-refractivity contribution in [1.29, 1.82) is 0 Å². The van der Waals surface area contributed by atoms with Gasteiger partial charge in [0, 0.05) is 32.0 Å². The first kappa shape index (κ1) is 19.7. The molecule has 0 unspecified atom stereocenters. The highest BCUT2D eigenvalue weighted by atomic mass is 19.4. The van der Waals surface area contributed by atoms with Crippen LogP contribution in [0.3, 0.4) is 0 Å². The van der Waals surface area contributed by atoms with E-state index in [9.17, 15) is 18.0 Å². The zero-order chi connectivity index (χ0) is 19.5. The summed E-state index contributed by atoms with van der Waals surface area (Å²) in [5.41, 5.74) is 1.07.